The first kappa shape index (κ1) is 54.7. The number of nitrogens with zero attached hydrogens (tertiary/aromatic N) is 1. The Balaban J connectivity index is 1.98. The number of amides is 7. The lowest BCUT2D eigenvalue weighted by Crippen LogP contribution is -2.60. The van der Waals surface area contributed by atoms with E-state index in [1.807, 2.05) is 26.2 Å². The van der Waals surface area contributed by atoms with Crippen molar-refractivity contribution in [3.63, 3.8) is 0 Å². The molecule has 18 heteroatoms. The topological polar surface area (TPSA) is 244 Å². The van der Waals surface area contributed by atoms with Crippen molar-refractivity contribution in [1.29, 1.82) is 0 Å². The summed E-state index contributed by atoms with van der Waals surface area (Å²) in [6.45, 7) is 14.3. The minimum absolute atomic E-state index is 0.0331. The third-order valence-corrected chi connectivity index (χ3v) is 11.0. The molecule has 6 atom stereocenters. The van der Waals surface area contributed by atoms with E-state index >= 15 is 0 Å². The minimum atomic E-state index is -1.41. The predicted molar refractivity (Wildman–Crippen MR) is 253 cm³/mol. The molecular formula is C48H71N7O10S. The third kappa shape index (κ3) is 19.4. The average molecular weight is 938 g/mol. The Bertz CT molecular complexity index is 1960. The number of hydrogen-bond donors (Lipinski definition) is 6. The molecule has 0 spiro atoms. The van der Waals surface area contributed by atoms with Gasteiger partial charge in [-0.3, -0.25) is 38.5 Å². The Morgan fingerprint density at radius 2 is 1.14 bits per heavy atom. The Labute approximate surface area is 393 Å². The van der Waals surface area contributed by atoms with Gasteiger partial charge in [-0.1, -0.05) is 74.5 Å². The lowest BCUT2D eigenvalue weighted by atomic mass is 10.0. The molecule has 7 N–H and O–H groups in total. The van der Waals surface area contributed by atoms with Gasteiger partial charge in [0.05, 0.1) is 0 Å². The zero-order valence-corrected chi connectivity index (χ0v) is 40.7. The van der Waals surface area contributed by atoms with E-state index < -0.39 is 95.0 Å². The molecular weight excluding hydrogens is 867 g/mol. The number of nitrogens with two attached hydrogens (primary N) is 1. The molecule has 1 aliphatic heterocycles. The van der Waals surface area contributed by atoms with Crippen molar-refractivity contribution in [3.05, 3.63) is 71.8 Å². The van der Waals surface area contributed by atoms with Gasteiger partial charge in [0.25, 0.3) is 0 Å². The lowest BCUT2D eigenvalue weighted by Gasteiger charge is -2.30. The number of carbonyl (C=O) groups excluding carboxylic acids is 8. The van der Waals surface area contributed by atoms with Crippen molar-refractivity contribution in [3.8, 4) is 0 Å². The van der Waals surface area contributed by atoms with Crippen LogP contribution in [0.3, 0.4) is 0 Å². The number of rotatable bonds is 23. The number of thioether (sulfide) groups is 1. The molecule has 0 bridgehead atoms. The molecule has 66 heavy (non-hydrogen) atoms. The van der Waals surface area contributed by atoms with Crippen molar-refractivity contribution < 1.29 is 47.8 Å². The highest BCUT2D eigenvalue weighted by atomic mass is 32.2. The van der Waals surface area contributed by atoms with Gasteiger partial charge in [-0.25, -0.2) is 4.79 Å². The van der Waals surface area contributed by atoms with Gasteiger partial charge in [0.15, 0.2) is 0 Å². The fraction of sp³-hybridized carbons (Fsp3) is 0.583. The standard InChI is InChI=1S/C48H71N7O10S/c1-30(2)27-35(42(59)50-33(40(49)57)24-26-66-9)52-41(58)34(22-23-39(56)64-47(3,4)5)51-43(60)36(28-31-17-12-10-13-18-31)53-44(61)37(29-32-19-14-11-15-20-32)54-45(62)38-21-16-25-55(38)46(63)65-48(6,7)8/h10-15,17-20,30,33-38H,16,21-29H2,1-9H3,(H2,49,57)(H,50,59)(H,51,60)(H,52,58)(H,53,61)(H,54,62)/t33-,34-,35-,36-,37-,38-/m0/s1. The van der Waals surface area contributed by atoms with Gasteiger partial charge < -0.3 is 41.8 Å². The van der Waals surface area contributed by atoms with Crippen LogP contribution in [0.2, 0.25) is 0 Å². The molecule has 7 amide bonds. The Hall–Kier alpha value is -5.65. The van der Waals surface area contributed by atoms with E-state index in [-0.39, 0.29) is 44.4 Å². The van der Waals surface area contributed by atoms with Gasteiger partial charge >= 0.3 is 12.1 Å². The summed E-state index contributed by atoms with van der Waals surface area (Å²) in [5.74, 6) is -4.42. The maximum atomic E-state index is 14.5. The molecule has 1 fully saturated rings. The molecule has 364 valence electrons. The number of primary amides is 1. The highest BCUT2D eigenvalue weighted by molar-refractivity contribution is 7.98. The van der Waals surface area contributed by atoms with Crippen molar-refractivity contribution in [2.45, 2.75) is 154 Å². The van der Waals surface area contributed by atoms with Crippen molar-refractivity contribution in [2.24, 2.45) is 11.7 Å². The molecule has 0 unspecified atom stereocenters. The normalized spacial score (nSPS) is 16.2. The first-order chi connectivity index (χ1) is 31.0. The minimum Gasteiger partial charge on any atom is -0.460 e. The van der Waals surface area contributed by atoms with E-state index in [0.717, 1.165) is 0 Å². The molecule has 17 nitrogen and oxygen atoms in total. The van der Waals surface area contributed by atoms with Crippen LogP contribution in [0.15, 0.2) is 60.7 Å². The Morgan fingerprint density at radius 3 is 1.64 bits per heavy atom. The van der Waals surface area contributed by atoms with Gasteiger partial charge in [0.1, 0.15) is 47.5 Å². The number of likely N-dealkylation sites (tertiary alicyclic amines) is 1. The third-order valence-electron chi connectivity index (χ3n) is 10.3. The lowest BCUT2D eigenvalue weighted by molar-refractivity contribution is -0.155. The summed E-state index contributed by atoms with van der Waals surface area (Å²) in [5.41, 5.74) is 5.33. The Kier molecular flexibility index (Phi) is 21.4. The molecule has 2 aromatic rings. The maximum Gasteiger partial charge on any atom is 0.410 e. The van der Waals surface area contributed by atoms with Gasteiger partial charge in [-0.05, 0) is 103 Å². The summed E-state index contributed by atoms with van der Waals surface area (Å²) in [6, 6.07) is 10.9. The average Bonchev–Trinajstić information content (AvgIpc) is 3.73. The largest absolute Gasteiger partial charge is 0.460 e. The first-order valence-electron chi connectivity index (χ1n) is 22.6. The monoisotopic (exact) mass is 937 g/mol. The number of ether oxygens (including phenoxy) is 2. The van der Waals surface area contributed by atoms with Gasteiger partial charge in [0.2, 0.25) is 35.4 Å². The van der Waals surface area contributed by atoms with E-state index in [1.165, 1.54) is 16.7 Å². The number of carbonyl (C=O) groups is 8. The van der Waals surface area contributed by atoms with Crippen LogP contribution in [0.1, 0.15) is 105 Å². The van der Waals surface area contributed by atoms with Crippen LogP contribution in [-0.2, 0) is 55.9 Å². The number of benzene rings is 2. The molecule has 0 radical (unpaired) electrons. The van der Waals surface area contributed by atoms with Crippen LogP contribution in [0.25, 0.3) is 0 Å². The van der Waals surface area contributed by atoms with Crippen molar-refractivity contribution >= 4 is 59.3 Å². The van der Waals surface area contributed by atoms with Crippen LogP contribution in [0.5, 0.6) is 0 Å². The Morgan fingerprint density at radius 1 is 0.667 bits per heavy atom. The summed E-state index contributed by atoms with van der Waals surface area (Å²) >= 11 is 1.47. The van der Waals surface area contributed by atoms with E-state index in [0.29, 0.717) is 36.3 Å². The van der Waals surface area contributed by atoms with E-state index in [1.54, 1.807) is 96.1 Å². The van der Waals surface area contributed by atoms with Gasteiger partial charge in [-0.2, -0.15) is 11.8 Å². The van der Waals surface area contributed by atoms with Crippen LogP contribution < -0.4 is 32.3 Å². The van der Waals surface area contributed by atoms with Gasteiger partial charge in [-0.15, -0.1) is 0 Å². The maximum absolute atomic E-state index is 14.5. The summed E-state index contributed by atoms with van der Waals surface area (Å²) in [6.07, 6.45) is 1.99. The summed E-state index contributed by atoms with van der Waals surface area (Å²) in [4.78, 5) is 111. The molecule has 1 saturated heterocycles. The number of esters is 1. The highest BCUT2D eigenvalue weighted by Crippen LogP contribution is 2.22. The van der Waals surface area contributed by atoms with Crippen molar-refractivity contribution in [1.82, 2.24) is 31.5 Å². The van der Waals surface area contributed by atoms with Gasteiger partial charge in [0, 0.05) is 25.8 Å². The first-order valence-corrected chi connectivity index (χ1v) is 23.9. The molecule has 0 saturated carbocycles. The molecule has 1 aliphatic rings. The summed E-state index contributed by atoms with van der Waals surface area (Å²) in [7, 11) is 0. The second-order valence-electron chi connectivity index (χ2n) is 19.0. The predicted octanol–water partition coefficient (Wildman–Crippen LogP) is 3.70. The summed E-state index contributed by atoms with van der Waals surface area (Å²) < 4.78 is 11.1. The molecule has 3 rings (SSSR count). The second kappa shape index (κ2) is 25.9. The second-order valence-corrected chi connectivity index (χ2v) is 19.9. The van der Waals surface area contributed by atoms with E-state index in [4.69, 9.17) is 15.2 Å². The zero-order chi connectivity index (χ0) is 49.2. The number of nitrogens with one attached hydrogen (secondary N) is 5. The fourth-order valence-corrected chi connectivity index (χ4v) is 7.67. The van der Waals surface area contributed by atoms with Crippen LogP contribution >= 0.6 is 11.8 Å². The van der Waals surface area contributed by atoms with Crippen LogP contribution in [0.4, 0.5) is 4.79 Å². The van der Waals surface area contributed by atoms with Crippen LogP contribution in [-0.4, -0.2) is 118 Å². The fourth-order valence-electron chi connectivity index (χ4n) is 7.20. The molecule has 2 aromatic carbocycles. The molecule has 0 aromatic heterocycles. The van der Waals surface area contributed by atoms with E-state index in [2.05, 4.69) is 26.6 Å². The zero-order valence-electron chi connectivity index (χ0n) is 39.9. The highest BCUT2D eigenvalue weighted by Gasteiger charge is 2.39. The van der Waals surface area contributed by atoms with E-state index in [9.17, 15) is 38.4 Å². The van der Waals surface area contributed by atoms with Crippen molar-refractivity contribution in [2.75, 3.05) is 18.6 Å². The SMILES string of the molecule is CSCC[C@H](NC(=O)[C@H](CC(C)C)NC(=O)[C@H](CCC(=O)OC(C)(C)C)NC(=O)[C@H](Cc1ccccc1)NC(=O)[C@H](Cc1ccccc1)NC(=O)[C@@H]1CCCN1C(=O)OC(C)(C)C)C(N)=O. The smallest absolute Gasteiger partial charge is 0.410 e. The molecule has 0 aliphatic carbocycles. The quantitative estimate of drug-likeness (QED) is 0.0878. The van der Waals surface area contributed by atoms with Crippen LogP contribution in [0, 0.1) is 5.92 Å². The summed E-state index contributed by atoms with van der Waals surface area (Å²) in [5, 5.41) is 13.8. The molecule has 1 heterocycles. The number of hydrogen-bond acceptors (Lipinski definition) is 11.